The number of hydrogen-bond donors (Lipinski definition) is 2. The summed E-state index contributed by atoms with van der Waals surface area (Å²) in [6, 6.07) is 24.4. The van der Waals surface area contributed by atoms with Crippen molar-refractivity contribution in [3.8, 4) is 22.9 Å². The van der Waals surface area contributed by atoms with Gasteiger partial charge in [-0.1, -0.05) is 50.2 Å². The molecule has 0 aliphatic rings. The Labute approximate surface area is 175 Å². The van der Waals surface area contributed by atoms with Gasteiger partial charge in [-0.05, 0) is 53.9 Å². The molecular formula is C24H22N4O2. The molecule has 0 bridgehead atoms. The fourth-order valence-corrected chi connectivity index (χ4v) is 3.01. The van der Waals surface area contributed by atoms with Crippen molar-refractivity contribution >= 4 is 17.4 Å². The molecule has 30 heavy (non-hydrogen) atoms. The minimum absolute atomic E-state index is 0.319. The van der Waals surface area contributed by atoms with E-state index in [1.807, 2.05) is 66.7 Å². The Morgan fingerprint density at radius 1 is 0.767 bits per heavy atom. The molecule has 0 saturated heterocycles. The van der Waals surface area contributed by atoms with Crippen molar-refractivity contribution in [1.29, 1.82) is 0 Å². The average Bonchev–Trinajstić information content (AvgIpc) is 3.25. The molecule has 1 aromatic heterocycles. The second-order valence-corrected chi connectivity index (χ2v) is 7.22. The zero-order chi connectivity index (χ0) is 20.9. The summed E-state index contributed by atoms with van der Waals surface area (Å²) in [6.45, 7) is 4.27. The molecule has 0 saturated carbocycles. The van der Waals surface area contributed by atoms with Crippen LogP contribution in [0, 0.1) is 0 Å². The molecule has 2 amide bonds. The number of aromatic nitrogens is 2. The van der Waals surface area contributed by atoms with Gasteiger partial charge in [-0.25, -0.2) is 4.79 Å². The number of nitrogens with one attached hydrogen (secondary N) is 2. The molecular weight excluding hydrogens is 376 g/mol. The SMILES string of the molecule is CC(C)c1ccc(NC(=O)Nc2cccc(-c3nnc(-c4ccccc4)o3)c2)cc1. The van der Waals surface area contributed by atoms with Crippen LogP contribution in [-0.2, 0) is 0 Å². The van der Waals surface area contributed by atoms with Crippen molar-refractivity contribution in [2.24, 2.45) is 0 Å². The summed E-state index contributed by atoms with van der Waals surface area (Å²) in [7, 11) is 0. The van der Waals surface area contributed by atoms with E-state index in [1.165, 1.54) is 5.56 Å². The molecule has 6 heteroatoms. The lowest BCUT2D eigenvalue weighted by molar-refractivity contribution is 0.262. The average molecular weight is 398 g/mol. The predicted octanol–water partition coefficient (Wildman–Crippen LogP) is 6.17. The van der Waals surface area contributed by atoms with E-state index in [0.29, 0.717) is 23.4 Å². The highest BCUT2D eigenvalue weighted by Gasteiger charge is 2.11. The third-order valence-corrected chi connectivity index (χ3v) is 4.65. The normalized spacial score (nSPS) is 10.8. The molecule has 2 N–H and O–H groups in total. The summed E-state index contributed by atoms with van der Waals surface area (Å²) in [5.74, 6) is 1.29. The Balaban J connectivity index is 1.44. The Morgan fingerprint density at radius 2 is 1.40 bits per heavy atom. The first kappa shape index (κ1) is 19.4. The summed E-state index contributed by atoms with van der Waals surface area (Å²) < 4.78 is 5.79. The molecule has 0 fully saturated rings. The molecule has 0 aliphatic heterocycles. The number of hydrogen-bond acceptors (Lipinski definition) is 4. The van der Waals surface area contributed by atoms with Gasteiger partial charge in [-0.2, -0.15) is 0 Å². The van der Waals surface area contributed by atoms with Crippen LogP contribution in [0.4, 0.5) is 16.2 Å². The van der Waals surface area contributed by atoms with Crippen LogP contribution in [0.5, 0.6) is 0 Å². The molecule has 150 valence electrons. The maximum atomic E-state index is 12.4. The van der Waals surface area contributed by atoms with Gasteiger partial charge in [0.1, 0.15) is 0 Å². The van der Waals surface area contributed by atoms with E-state index in [9.17, 15) is 4.79 Å². The van der Waals surface area contributed by atoms with Gasteiger partial charge in [0.2, 0.25) is 11.8 Å². The highest BCUT2D eigenvalue weighted by molar-refractivity contribution is 6.00. The van der Waals surface area contributed by atoms with Crippen molar-refractivity contribution in [1.82, 2.24) is 10.2 Å². The number of rotatable bonds is 5. The maximum Gasteiger partial charge on any atom is 0.323 e. The van der Waals surface area contributed by atoms with Crippen molar-refractivity contribution in [3.05, 3.63) is 84.4 Å². The smallest absolute Gasteiger partial charge is 0.323 e. The number of anilines is 2. The summed E-state index contributed by atoms with van der Waals surface area (Å²) in [6.07, 6.45) is 0. The van der Waals surface area contributed by atoms with E-state index in [1.54, 1.807) is 12.1 Å². The van der Waals surface area contributed by atoms with Crippen molar-refractivity contribution in [2.75, 3.05) is 10.6 Å². The second-order valence-electron chi connectivity index (χ2n) is 7.22. The zero-order valence-corrected chi connectivity index (χ0v) is 16.8. The summed E-state index contributed by atoms with van der Waals surface area (Å²) in [5, 5.41) is 13.9. The Kier molecular flexibility index (Phi) is 5.57. The van der Waals surface area contributed by atoms with Crippen LogP contribution < -0.4 is 10.6 Å². The van der Waals surface area contributed by atoms with E-state index in [4.69, 9.17) is 4.42 Å². The van der Waals surface area contributed by atoms with Gasteiger partial charge in [0, 0.05) is 22.5 Å². The number of nitrogens with zero attached hydrogens (tertiary/aromatic N) is 2. The monoisotopic (exact) mass is 398 g/mol. The summed E-state index contributed by atoms with van der Waals surface area (Å²) in [5.41, 5.74) is 4.17. The van der Waals surface area contributed by atoms with Crippen LogP contribution >= 0.6 is 0 Å². The number of carbonyl (C=O) groups is 1. The topological polar surface area (TPSA) is 80.0 Å². The Morgan fingerprint density at radius 3 is 2.10 bits per heavy atom. The summed E-state index contributed by atoms with van der Waals surface area (Å²) in [4.78, 5) is 12.4. The molecule has 0 spiro atoms. The molecule has 0 radical (unpaired) electrons. The lowest BCUT2D eigenvalue weighted by atomic mass is 10.0. The van der Waals surface area contributed by atoms with E-state index < -0.39 is 0 Å². The molecule has 4 rings (SSSR count). The van der Waals surface area contributed by atoms with E-state index >= 15 is 0 Å². The van der Waals surface area contributed by atoms with Gasteiger partial charge >= 0.3 is 6.03 Å². The van der Waals surface area contributed by atoms with Crippen LogP contribution in [0.25, 0.3) is 22.9 Å². The van der Waals surface area contributed by atoms with E-state index in [2.05, 4.69) is 34.7 Å². The number of urea groups is 1. The zero-order valence-electron chi connectivity index (χ0n) is 16.8. The van der Waals surface area contributed by atoms with Gasteiger partial charge < -0.3 is 15.1 Å². The molecule has 3 aromatic carbocycles. The quantitative estimate of drug-likeness (QED) is 0.421. The third-order valence-electron chi connectivity index (χ3n) is 4.65. The van der Waals surface area contributed by atoms with Gasteiger partial charge in [0.05, 0.1) is 0 Å². The first-order valence-electron chi connectivity index (χ1n) is 9.76. The molecule has 6 nitrogen and oxygen atoms in total. The highest BCUT2D eigenvalue weighted by atomic mass is 16.4. The van der Waals surface area contributed by atoms with Crippen molar-refractivity contribution in [2.45, 2.75) is 19.8 Å². The first-order valence-corrected chi connectivity index (χ1v) is 9.76. The van der Waals surface area contributed by atoms with E-state index in [-0.39, 0.29) is 6.03 Å². The number of carbonyl (C=O) groups excluding carboxylic acids is 1. The number of amides is 2. The van der Waals surface area contributed by atoms with Crippen LogP contribution in [0.1, 0.15) is 25.3 Å². The number of benzene rings is 3. The van der Waals surface area contributed by atoms with Gasteiger partial charge in [0.25, 0.3) is 0 Å². The van der Waals surface area contributed by atoms with E-state index in [0.717, 1.165) is 16.8 Å². The molecule has 0 atom stereocenters. The van der Waals surface area contributed by atoms with Crippen LogP contribution in [-0.4, -0.2) is 16.2 Å². The van der Waals surface area contributed by atoms with Gasteiger partial charge in [0.15, 0.2) is 0 Å². The van der Waals surface area contributed by atoms with Crippen molar-refractivity contribution in [3.63, 3.8) is 0 Å². The minimum Gasteiger partial charge on any atom is -0.416 e. The highest BCUT2D eigenvalue weighted by Crippen LogP contribution is 2.25. The Hall–Kier alpha value is -3.93. The van der Waals surface area contributed by atoms with Crippen molar-refractivity contribution < 1.29 is 9.21 Å². The second kappa shape index (κ2) is 8.61. The lowest BCUT2D eigenvalue weighted by Gasteiger charge is -2.10. The van der Waals surface area contributed by atoms with Gasteiger partial charge in [-0.3, -0.25) is 0 Å². The van der Waals surface area contributed by atoms with Gasteiger partial charge in [-0.15, -0.1) is 10.2 Å². The predicted molar refractivity (Wildman–Crippen MR) is 118 cm³/mol. The maximum absolute atomic E-state index is 12.4. The molecule has 0 unspecified atom stereocenters. The fraction of sp³-hybridized carbons (Fsp3) is 0.125. The molecule has 0 aliphatic carbocycles. The third kappa shape index (κ3) is 4.55. The lowest BCUT2D eigenvalue weighted by Crippen LogP contribution is -2.19. The molecule has 4 aromatic rings. The first-order chi connectivity index (χ1) is 14.6. The largest absolute Gasteiger partial charge is 0.416 e. The summed E-state index contributed by atoms with van der Waals surface area (Å²) >= 11 is 0. The standard InChI is InChI=1S/C24H22N4O2/c1-16(2)17-11-13-20(14-12-17)25-24(29)26-21-10-6-9-19(15-21)23-28-27-22(30-23)18-7-4-3-5-8-18/h3-16H,1-2H3,(H2,25,26,29). The minimum atomic E-state index is -0.319. The van der Waals surface area contributed by atoms with Crippen LogP contribution in [0.3, 0.4) is 0 Å². The Bertz CT molecular complexity index is 1140. The van der Waals surface area contributed by atoms with Crippen LogP contribution in [0.2, 0.25) is 0 Å². The fourth-order valence-electron chi connectivity index (χ4n) is 3.01. The van der Waals surface area contributed by atoms with Crippen LogP contribution in [0.15, 0.2) is 83.3 Å². The molecule has 1 heterocycles.